The van der Waals surface area contributed by atoms with Crippen molar-refractivity contribution in [3.8, 4) is 0 Å². The van der Waals surface area contributed by atoms with E-state index in [4.69, 9.17) is 0 Å². The summed E-state index contributed by atoms with van der Waals surface area (Å²) in [6.45, 7) is 0. The molecule has 0 saturated heterocycles. The minimum atomic E-state index is -4.47. The number of nitrogens with zero attached hydrogens (tertiary/aromatic N) is 2. The first-order valence-corrected chi connectivity index (χ1v) is 5.58. The predicted octanol–water partition coefficient (Wildman–Crippen LogP) is 2.76. The van der Waals surface area contributed by atoms with Gasteiger partial charge in [-0.05, 0) is 18.9 Å². The topological polar surface area (TPSA) is 34.9 Å². The molecule has 0 bridgehead atoms. The number of alkyl halides is 3. The molecule has 0 aliphatic heterocycles. The fourth-order valence-electron chi connectivity index (χ4n) is 2.42. The van der Waals surface area contributed by atoms with Crippen LogP contribution in [0.1, 0.15) is 37.8 Å². The normalized spacial score (nSPS) is 20.2. The molecule has 2 rings (SSSR count). The average molecular weight is 246 g/mol. The highest BCUT2D eigenvalue weighted by atomic mass is 19.4. The van der Waals surface area contributed by atoms with Gasteiger partial charge >= 0.3 is 6.18 Å². The van der Waals surface area contributed by atoms with E-state index in [9.17, 15) is 18.0 Å². The molecule has 0 amide bonds. The molecule has 1 aromatic heterocycles. The Hall–Kier alpha value is -1.33. The monoisotopic (exact) mass is 246 g/mol. The summed E-state index contributed by atoms with van der Waals surface area (Å²) in [5.74, 6) is 0. The van der Waals surface area contributed by atoms with E-state index in [0.29, 0.717) is 19.1 Å². The van der Waals surface area contributed by atoms with Gasteiger partial charge in [-0.3, -0.25) is 0 Å². The third kappa shape index (κ3) is 2.08. The lowest BCUT2D eigenvalue weighted by molar-refractivity contribution is -0.148. The van der Waals surface area contributed by atoms with Crippen LogP contribution in [0.15, 0.2) is 12.3 Å². The third-order valence-electron chi connectivity index (χ3n) is 3.29. The van der Waals surface area contributed by atoms with Crippen LogP contribution in [0, 0.1) is 0 Å². The van der Waals surface area contributed by atoms with Gasteiger partial charge in [-0.25, -0.2) is 4.68 Å². The van der Waals surface area contributed by atoms with E-state index in [2.05, 4.69) is 5.10 Å². The first-order chi connectivity index (χ1) is 7.99. The van der Waals surface area contributed by atoms with Gasteiger partial charge in [0.25, 0.3) is 0 Å². The number of carbonyl (C=O) groups excluding carboxylic acids is 1. The van der Waals surface area contributed by atoms with Crippen molar-refractivity contribution in [2.45, 2.75) is 43.8 Å². The average Bonchev–Trinajstić information content (AvgIpc) is 2.79. The van der Waals surface area contributed by atoms with Crippen molar-refractivity contribution in [1.82, 2.24) is 9.78 Å². The summed E-state index contributed by atoms with van der Waals surface area (Å²) in [4.78, 5) is 11.2. The van der Waals surface area contributed by atoms with Crippen LogP contribution in [0.5, 0.6) is 0 Å². The summed E-state index contributed by atoms with van der Waals surface area (Å²) >= 11 is 0. The minimum absolute atomic E-state index is 0.432. The van der Waals surface area contributed by atoms with Crippen LogP contribution >= 0.6 is 0 Å². The SMILES string of the molecule is O=CC1(n2nccc2C(F)(F)F)CCCCC1. The highest BCUT2D eigenvalue weighted by molar-refractivity contribution is 5.62. The first-order valence-electron chi connectivity index (χ1n) is 5.58. The van der Waals surface area contributed by atoms with Crippen LogP contribution in [-0.4, -0.2) is 16.1 Å². The molecule has 0 aromatic carbocycles. The van der Waals surface area contributed by atoms with Crippen molar-refractivity contribution in [3.63, 3.8) is 0 Å². The number of aldehydes is 1. The first kappa shape index (κ1) is 12.1. The molecule has 0 atom stereocenters. The molecule has 94 valence electrons. The molecule has 1 aliphatic carbocycles. The Kier molecular flexibility index (Phi) is 2.97. The molecule has 1 aromatic rings. The summed E-state index contributed by atoms with van der Waals surface area (Å²) in [6, 6.07) is 0.917. The van der Waals surface area contributed by atoms with Gasteiger partial charge in [0.05, 0.1) is 0 Å². The standard InChI is InChI=1S/C11H13F3N2O/c12-11(13,14)9-4-7-15-16(9)10(8-17)5-2-1-3-6-10/h4,7-8H,1-3,5-6H2. The summed E-state index contributed by atoms with van der Waals surface area (Å²) in [5, 5.41) is 3.71. The fraction of sp³-hybridized carbons (Fsp3) is 0.636. The molecule has 1 saturated carbocycles. The van der Waals surface area contributed by atoms with Crippen LogP contribution in [-0.2, 0) is 16.5 Å². The maximum absolute atomic E-state index is 12.8. The highest BCUT2D eigenvalue weighted by Gasteiger charge is 2.43. The summed E-state index contributed by atoms with van der Waals surface area (Å²) in [7, 11) is 0. The molecule has 3 nitrogen and oxygen atoms in total. The van der Waals surface area contributed by atoms with Crippen molar-refractivity contribution in [3.05, 3.63) is 18.0 Å². The van der Waals surface area contributed by atoms with Gasteiger partial charge in [-0.2, -0.15) is 18.3 Å². The van der Waals surface area contributed by atoms with E-state index < -0.39 is 17.4 Å². The highest BCUT2D eigenvalue weighted by Crippen LogP contribution is 2.38. The van der Waals surface area contributed by atoms with Gasteiger partial charge in [-0.1, -0.05) is 19.3 Å². The van der Waals surface area contributed by atoms with E-state index in [-0.39, 0.29) is 0 Å². The van der Waals surface area contributed by atoms with Crippen molar-refractivity contribution in [2.75, 3.05) is 0 Å². The minimum Gasteiger partial charge on any atom is -0.301 e. The molecule has 6 heteroatoms. The molecule has 17 heavy (non-hydrogen) atoms. The Morgan fingerprint density at radius 1 is 1.29 bits per heavy atom. The largest absolute Gasteiger partial charge is 0.433 e. The number of rotatable bonds is 2. The van der Waals surface area contributed by atoms with Crippen molar-refractivity contribution in [1.29, 1.82) is 0 Å². The van der Waals surface area contributed by atoms with E-state index in [1.165, 1.54) is 0 Å². The zero-order chi connectivity index (χ0) is 12.5. The van der Waals surface area contributed by atoms with Crippen LogP contribution in [0.4, 0.5) is 13.2 Å². The molecule has 0 radical (unpaired) electrons. The molecular weight excluding hydrogens is 233 g/mol. The number of aromatic nitrogens is 2. The fourth-order valence-corrected chi connectivity index (χ4v) is 2.42. The second-order valence-electron chi connectivity index (χ2n) is 4.41. The van der Waals surface area contributed by atoms with Crippen LogP contribution in [0.2, 0.25) is 0 Å². The molecule has 0 N–H and O–H groups in total. The molecule has 1 fully saturated rings. The lowest BCUT2D eigenvalue weighted by Gasteiger charge is -2.33. The van der Waals surface area contributed by atoms with Crippen molar-refractivity contribution < 1.29 is 18.0 Å². The van der Waals surface area contributed by atoms with E-state index >= 15 is 0 Å². The van der Waals surface area contributed by atoms with E-state index in [1.807, 2.05) is 0 Å². The van der Waals surface area contributed by atoms with Crippen molar-refractivity contribution >= 4 is 6.29 Å². The maximum Gasteiger partial charge on any atom is 0.433 e. The van der Waals surface area contributed by atoms with Gasteiger partial charge in [-0.15, -0.1) is 0 Å². The van der Waals surface area contributed by atoms with Gasteiger partial charge in [0.15, 0.2) is 0 Å². The molecule has 0 spiro atoms. The summed E-state index contributed by atoms with van der Waals surface area (Å²) < 4.78 is 39.2. The quantitative estimate of drug-likeness (QED) is 0.752. The Bertz CT molecular complexity index is 405. The molecular formula is C11H13F3N2O. The summed E-state index contributed by atoms with van der Waals surface area (Å²) in [5.41, 5.74) is -1.95. The van der Waals surface area contributed by atoms with Crippen LogP contribution in [0.3, 0.4) is 0 Å². The lowest BCUT2D eigenvalue weighted by atomic mass is 9.83. The zero-order valence-corrected chi connectivity index (χ0v) is 9.20. The molecule has 1 aliphatic rings. The smallest absolute Gasteiger partial charge is 0.301 e. The maximum atomic E-state index is 12.8. The van der Waals surface area contributed by atoms with Gasteiger partial charge in [0.1, 0.15) is 17.5 Å². The van der Waals surface area contributed by atoms with Gasteiger partial charge in [0, 0.05) is 6.20 Å². The Morgan fingerprint density at radius 2 is 1.94 bits per heavy atom. The number of carbonyl (C=O) groups is 1. The van der Waals surface area contributed by atoms with Gasteiger partial charge in [0.2, 0.25) is 0 Å². The lowest BCUT2D eigenvalue weighted by Crippen LogP contribution is -2.40. The Balaban J connectivity index is 2.44. The van der Waals surface area contributed by atoms with Gasteiger partial charge < -0.3 is 4.79 Å². The second-order valence-corrected chi connectivity index (χ2v) is 4.41. The van der Waals surface area contributed by atoms with Crippen LogP contribution in [0.25, 0.3) is 0 Å². The predicted molar refractivity (Wildman–Crippen MR) is 54.4 cm³/mol. The Morgan fingerprint density at radius 3 is 2.47 bits per heavy atom. The number of halogens is 3. The Labute approximate surface area is 96.6 Å². The third-order valence-corrected chi connectivity index (χ3v) is 3.29. The number of hydrogen-bond acceptors (Lipinski definition) is 2. The van der Waals surface area contributed by atoms with E-state index in [1.54, 1.807) is 0 Å². The van der Waals surface area contributed by atoms with E-state index in [0.717, 1.165) is 36.2 Å². The zero-order valence-electron chi connectivity index (χ0n) is 9.20. The summed E-state index contributed by atoms with van der Waals surface area (Å²) in [6.07, 6.45) is 0.591. The number of hydrogen-bond donors (Lipinski definition) is 0. The van der Waals surface area contributed by atoms with Crippen LogP contribution < -0.4 is 0 Å². The second kappa shape index (κ2) is 4.16. The molecule has 0 unspecified atom stereocenters. The molecule has 1 heterocycles. The van der Waals surface area contributed by atoms with Crippen molar-refractivity contribution in [2.24, 2.45) is 0 Å².